The SMILES string of the molecule is Cc1ccccc1OCC(=O)NC(=O)Nc1ncc(Oc2ccccc2)cc1F. The van der Waals surface area contributed by atoms with Crippen molar-refractivity contribution in [3.8, 4) is 17.2 Å². The summed E-state index contributed by atoms with van der Waals surface area (Å²) in [6.45, 7) is 1.47. The van der Waals surface area contributed by atoms with E-state index in [0.29, 0.717) is 11.5 Å². The van der Waals surface area contributed by atoms with Crippen molar-refractivity contribution in [2.24, 2.45) is 0 Å². The van der Waals surface area contributed by atoms with Gasteiger partial charge >= 0.3 is 6.03 Å². The Labute approximate surface area is 166 Å². The zero-order chi connectivity index (χ0) is 20.6. The summed E-state index contributed by atoms with van der Waals surface area (Å²) < 4.78 is 25.0. The molecule has 3 aromatic rings. The first-order valence-electron chi connectivity index (χ1n) is 8.69. The number of carbonyl (C=O) groups excluding carboxylic acids is 2. The molecule has 0 unspecified atom stereocenters. The summed E-state index contributed by atoms with van der Waals surface area (Å²) in [5.74, 6) is -0.610. The zero-order valence-electron chi connectivity index (χ0n) is 15.5. The summed E-state index contributed by atoms with van der Waals surface area (Å²) in [7, 11) is 0. The van der Waals surface area contributed by atoms with Gasteiger partial charge in [0, 0.05) is 6.07 Å². The monoisotopic (exact) mass is 395 g/mol. The maximum Gasteiger partial charge on any atom is 0.327 e. The van der Waals surface area contributed by atoms with E-state index in [4.69, 9.17) is 9.47 Å². The molecule has 8 heteroatoms. The molecule has 7 nitrogen and oxygen atoms in total. The molecule has 2 aromatic carbocycles. The van der Waals surface area contributed by atoms with E-state index in [1.165, 1.54) is 6.20 Å². The van der Waals surface area contributed by atoms with E-state index in [9.17, 15) is 14.0 Å². The van der Waals surface area contributed by atoms with Crippen LogP contribution >= 0.6 is 0 Å². The third kappa shape index (κ3) is 5.77. The second-order valence-corrected chi connectivity index (χ2v) is 5.97. The van der Waals surface area contributed by atoms with Crippen LogP contribution in [-0.2, 0) is 4.79 Å². The number of anilines is 1. The Morgan fingerprint density at radius 1 is 1.03 bits per heavy atom. The molecule has 0 saturated heterocycles. The fourth-order valence-electron chi connectivity index (χ4n) is 2.36. The standard InChI is InChI=1S/C21H18FN3O4/c1-14-7-5-6-10-18(14)28-13-19(26)24-21(27)25-20-17(22)11-16(12-23-20)29-15-8-3-2-4-9-15/h2-12H,13H2,1H3,(H2,23,24,25,26,27). The molecule has 0 bridgehead atoms. The Hall–Kier alpha value is -3.94. The van der Waals surface area contributed by atoms with Crippen LogP contribution in [0, 0.1) is 12.7 Å². The van der Waals surface area contributed by atoms with Gasteiger partial charge in [-0.1, -0.05) is 36.4 Å². The smallest absolute Gasteiger partial charge is 0.327 e. The van der Waals surface area contributed by atoms with Gasteiger partial charge in [-0.25, -0.2) is 14.2 Å². The van der Waals surface area contributed by atoms with Crippen LogP contribution in [0.15, 0.2) is 66.9 Å². The minimum Gasteiger partial charge on any atom is -0.483 e. The number of rotatable bonds is 6. The van der Waals surface area contributed by atoms with Gasteiger partial charge in [0.15, 0.2) is 18.2 Å². The minimum absolute atomic E-state index is 0.169. The number of nitrogens with zero attached hydrogens (tertiary/aromatic N) is 1. The van der Waals surface area contributed by atoms with Crippen molar-refractivity contribution in [3.63, 3.8) is 0 Å². The maximum absolute atomic E-state index is 14.2. The van der Waals surface area contributed by atoms with Crippen LogP contribution in [0.4, 0.5) is 15.0 Å². The van der Waals surface area contributed by atoms with E-state index in [-0.39, 0.29) is 18.2 Å². The molecule has 0 aliphatic rings. The number of urea groups is 1. The predicted octanol–water partition coefficient (Wildman–Crippen LogP) is 4.05. The topological polar surface area (TPSA) is 89.5 Å². The first-order valence-corrected chi connectivity index (χ1v) is 8.69. The largest absolute Gasteiger partial charge is 0.483 e. The number of para-hydroxylation sites is 2. The van der Waals surface area contributed by atoms with Gasteiger partial charge in [0.1, 0.15) is 17.2 Å². The van der Waals surface area contributed by atoms with Crippen molar-refractivity contribution in [2.45, 2.75) is 6.92 Å². The van der Waals surface area contributed by atoms with Gasteiger partial charge in [0.25, 0.3) is 5.91 Å². The highest BCUT2D eigenvalue weighted by Gasteiger charge is 2.13. The summed E-state index contributed by atoms with van der Waals surface area (Å²) in [6.07, 6.45) is 1.26. The Bertz CT molecular complexity index is 1010. The quantitative estimate of drug-likeness (QED) is 0.657. The summed E-state index contributed by atoms with van der Waals surface area (Å²) in [4.78, 5) is 27.5. The number of imide groups is 1. The van der Waals surface area contributed by atoms with Gasteiger partial charge in [-0.3, -0.25) is 15.4 Å². The third-order valence-corrected chi connectivity index (χ3v) is 3.73. The van der Waals surface area contributed by atoms with Crippen LogP contribution in [0.5, 0.6) is 17.2 Å². The number of nitrogens with one attached hydrogen (secondary N) is 2. The first kappa shape index (κ1) is 19.8. The highest BCUT2D eigenvalue weighted by Crippen LogP contribution is 2.23. The fourth-order valence-corrected chi connectivity index (χ4v) is 2.36. The lowest BCUT2D eigenvalue weighted by molar-refractivity contribution is -0.121. The van der Waals surface area contributed by atoms with Gasteiger partial charge in [0.05, 0.1) is 6.20 Å². The number of benzene rings is 2. The molecular weight excluding hydrogens is 377 g/mol. The predicted molar refractivity (Wildman–Crippen MR) is 105 cm³/mol. The molecule has 1 aromatic heterocycles. The van der Waals surface area contributed by atoms with E-state index >= 15 is 0 Å². The van der Waals surface area contributed by atoms with Crippen LogP contribution < -0.4 is 20.1 Å². The molecule has 1 heterocycles. The van der Waals surface area contributed by atoms with Crippen molar-refractivity contribution in [2.75, 3.05) is 11.9 Å². The molecule has 0 atom stereocenters. The second-order valence-electron chi connectivity index (χ2n) is 5.97. The number of pyridine rings is 1. The molecule has 0 fully saturated rings. The normalized spacial score (nSPS) is 10.1. The lowest BCUT2D eigenvalue weighted by atomic mass is 10.2. The highest BCUT2D eigenvalue weighted by atomic mass is 19.1. The van der Waals surface area contributed by atoms with Crippen LogP contribution in [0.3, 0.4) is 0 Å². The van der Waals surface area contributed by atoms with Crippen molar-refractivity contribution in [3.05, 3.63) is 78.2 Å². The van der Waals surface area contributed by atoms with Crippen molar-refractivity contribution in [1.29, 1.82) is 0 Å². The molecule has 0 spiro atoms. The molecule has 3 amide bonds. The molecule has 3 rings (SSSR count). The number of aromatic nitrogens is 1. The van der Waals surface area contributed by atoms with Crippen molar-refractivity contribution < 1.29 is 23.5 Å². The number of carbonyl (C=O) groups is 2. The van der Waals surface area contributed by atoms with E-state index in [1.54, 1.807) is 36.4 Å². The molecule has 148 valence electrons. The van der Waals surface area contributed by atoms with Gasteiger partial charge in [-0.2, -0.15) is 0 Å². The number of ether oxygens (including phenoxy) is 2. The molecular formula is C21H18FN3O4. The van der Waals surface area contributed by atoms with E-state index in [2.05, 4.69) is 10.3 Å². The van der Waals surface area contributed by atoms with E-state index in [0.717, 1.165) is 11.6 Å². The molecule has 29 heavy (non-hydrogen) atoms. The van der Waals surface area contributed by atoms with Crippen molar-refractivity contribution >= 4 is 17.8 Å². The highest BCUT2D eigenvalue weighted by molar-refractivity contribution is 6.01. The lowest BCUT2D eigenvalue weighted by Gasteiger charge is -2.10. The van der Waals surface area contributed by atoms with Gasteiger partial charge in [-0.05, 0) is 30.7 Å². The summed E-state index contributed by atoms with van der Waals surface area (Å²) >= 11 is 0. The molecule has 0 saturated carbocycles. The summed E-state index contributed by atoms with van der Waals surface area (Å²) in [5.41, 5.74) is 0.855. The van der Waals surface area contributed by atoms with Crippen molar-refractivity contribution in [1.82, 2.24) is 10.3 Å². The lowest BCUT2D eigenvalue weighted by Crippen LogP contribution is -2.37. The first-order chi connectivity index (χ1) is 14.0. The average molecular weight is 395 g/mol. The third-order valence-electron chi connectivity index (χ3n) is 3.73. The minimum atomic E-state index is -0.925. The summed E-state index contributed by atoms with van der Waals surface area (Å²) in [6, 6.07) is 16.1. The van der Waals surface area contributed by atoms with Gasteiger partial charge in [-0.15, -0.1) is 0 Å². The van der Waals surface area contributed by atoms with Gasteiger partial charge in [0.2, 0.25) is 0 Å². The molecule has 0 aliphatic heterocycles. The molecule has 0 radical (unpaired) electrons. The number of amides is 3. The second kappa shape index (κ2) is 9.32. The van der Waals surface area contributed by atoms with Crippen LogP contribution in [-0.4, -0.2) is 23.5 Å². The van der Waals surface area contributed by atoms with E-state index in [1.807, 2.05) is 30.4 Å². The number of halogens is 1. The molecule has 0 aliphatic carbocycles. The van der Waals surface area contributed by atoms with Crippen LogP contribution in [0.1, 0.15) is 5.56 Å². The van der Waals surface area contributed by atoms with Crippen LogP contribution in [0.2, 0.25) is 0 Å². The number of hydrogen-bond acceptors (Lipinski definition) is 5. The number of aryl methyl sites for hydroxylation is 1. The van der Waals surface area contributed by atoms with Gasteiger partial charge < -0.3 is 9.47 Å². The Balaban J connectivity index is 1.52. The Morgan fingerprint density at radius 3 is 2.48 bits per heavy atom. The average Bonchev–Trinajstić information content (AvgIpc) is 2.70. The maximum atomic E-state index is 14.2. The Kier molecular flexibility index (Phi) is 6.36. The summed E-state index contributed by atoms with van der Waals surface area (Å²) in [5, 5.41) is 4.22. The van der Waals surface area contributed by atoms with E-state index < -0.39 is 17.8 Å². The fraction of sp³-hybridized carbons (Fsp3) is 0.0952. The zero-order valence-corrected chi connectivity index (χ0v) is 15.5. The van der Waals surface area contributed by atoms with Crippen LogP contribution in [0.25, 0.3) is 0 Å². The molecule has 2 N–H and O–H groups in total. The number of hydrogen-bond donors (Lipinski definition) is 2. The Morgan fingerprint density at radius 2 is 1.76 bits per heavy atom.